The van der Waals surface area contributed by atoms with E-state index < -0.39 is 10.0 Å². The van der Waals surface area contributed by atoms with Crippen molar-refractivity contribution >= 4 is 10.0 Å². The lowest BCUT2D eigenvalue weighted by Gasteiger charge is -2.01. The number of nitrogens with zero attached hydrogens (tertiary/aromatic N) is 2. The Hall–Kier alpha value is -2.51. The fourth-order valence-electron chi connectivity index (χ4n) is 3.03. The Kier molecular flexibility index (Phi) is 3.70. The summed E-state index contributed by atoms with van der Waals surface area (Å²) in [5.41, 5.74) is 3.13. The standard InChI is InChI=1S/C18H17N3O3S/c1-11-3-2-4-13(9-11)17-20-18(24-21-17)16-10-15(16)12-5-7-14(8-6-12)25(19,22)23/h2-9,15-16H,10H2,1H3,(H2,19,22,23)/t15-,16+/m0/s1. The Morgan fingerprint density at radius 3 is 2.56 bits per heavy atom. The molecular formula is C18H17N3O3S. The number of primary sulfonamides is 1. The maximum Gasteiger partial charge on any atom is 0.238 e. The molecule has 0 amide bonds. The summed E-state index contributed by atoms with van der Waals surface area (Å²) < 4.78 is 28.1. The summed E-state index contributed by atoms with van der Waals surface area (Å²) in [7, 11) is -3.66. The first-order valence-corrected chi connectivity index (χ1v) is 9.50. The second-order valence-electron chi connectivity index (χ2n) is 6.39. The first-order valence-electron chi connectivity index (χ1n) is 7.95. The van der Waals surface area contributed by atoms with E-state index in [1.54, 1.807) is 12.1 Å². The van der Waals surface area contributed by atoms with Crippen LogP contribution in [0.15, 0.2) is 57.9 Å². The Bertz CT molecular complexity index is 1030. The highest BCUT2D eigenvalue weighted by Crippen LogP contribution is 2.54. The van der Waals surface area contributed by atoms with Crippen molar-refractivity contribution in [2.24, 2.45) is 5.14 Å². The van der Waals surface area contributed by atoms with Gasteiger partial charge in [-0.25, -0.2) is 13.6 Å². The monoisotopic (exact) mass is 355 g/mol. The zero-order valence-electron chi connectivity index (χ0n) is 13.6. The van der Waals surface area contributed by atoms with Gasteiger partial charge in [-0.15, -0.1) is 0 Å². The average molecular weight is 355 g/mol. The molecule has 1 aliphatic rings. The number of nitrogens with two attached hydrogens (primary N) is 1. The number of benzene rings is 2. The second kappa shape index (κ2) is 5.79. The lowest BCUT2D eigenvalue weighted by atomic mass is 10.1. The number of hydrogen-bond acceptors (Lipinski definition) is 5. The molecule has 1 aliphatic carbocycles. The SMILES string of the molecule is Cc1cccc(-c2noc([C@@H]3C[C@H]3c3ccc(S(N)(=O)=O)cc3)n2)c1. The minimum absolute atomic E-state index is 0.118. The van der Waals surface area contributed by atoms with Crippen LogP contribution >= 0.6 is 0 Å². The van der Waals surface area contributed by atoms with Gasteiger partial charge >= 0.3 is 0 Å². The number of sulfonamides is 1. The number of aryl methyl sites for hydroxylation is 1. The Morgan fingerprint density at radius 2 is 1.88 bits per heavy atom. The van der Waals surface area contributed by atoms with Gasteiger partial charge in [-0.1, -0.05) is 41.1 Å². The van der Waals surface area contributed by atoms with Crippen molar-refractivity contribution in [2.45, 2.75) is 30.1 Å². The van der Waals surface area contributed by atoms with E-state index in [9.17, 15) is 8.42 Å². The van der Waals surface area contributed by atoms with E-state index in [2.05, 4.69) is 10.1 Å². The summed E-state index contributed by atoms with van der Waals surface area (Å²) >= 11 is 0. The zero-order valence-corrected chi connectivity index (χ0v) is 14.4. The molecule has 0 unspecified atom stereocenters. The van der Waals surface area contributed by atoms with Crippen molar-refractivity contribution in [1.29, 1.82) is 0 Å². The Morgan fingerprint density at radius 1 is 1.12 bits per heavy atom. The van der Waals surface area contributed by atoms with Crippen LogP contribution in [0.3, 0.4) is 0 Å². The van der Waals surface area contributed by atoms with Crippen LogP contribution in [0.1, 0.15) is 35.3 Å². The Balaban J connectivity index is 1.52. The van der Waals surface area contributed by atoms with Gasteiger partial charge in [-0.05, 0) is 43.0 Å². The topological polar surface area (TPSA) is 99.1 Å². The fraction of sp³-hybridized carbons (Fsp3) is 0.222. The van der Waals surface area contributed by atoms with E-state index in [1.807, 2.05) is 31.2 Å². The highest BCUT2D eigenvalue weighted by Gasteiger charge is 2.43. The van der Waals surface area contributed by atoms with Crippen LogP contribution in [-0.2, 0) is 10.0 Å². The summed E-state index contributed by atoms with van der Waals surface area (Å²) in [6.07, 6.45) is 0.907. The van der Waals surface area contributed by atoms with Crippen molar-refractivity contribution in [3.63, 3.8) is 0 Å². The zero-order chi connectivity index (χ0) is 17.6. The molecule has 0 bridgehead atoms. The van der Waals surface area contributed by atoms with Crippen molar-refractivity contribution in [2.75, 3.05) is 0 Å². The molecule has 0 spiro atoms. The maximum absolute atomic E-state index is 11.3. The van der Waals surface area contributed by atoms with Gasteiger partial charge in [0.1, 0.15) is 0 Å². The molecule has 1 saturated carbocycles. The van der Waals surface area contributed by atoms with E-state index in [4.69, 9.17) is 9.66 Å². The third-order valence-corrected chi connectivity index (χ3v) is 5.39. The summed E-state index contributed by atoms with van der Waals surface area (Å²) in [6.45, 7) is 2.02. The first-order chi connectivity index (χ1) is 11.9. The number of aromatic nitrogens is 2. The van der Waals surface area contributed by atoms with Gasteiger partial charge in [0, 0.05) is 11.5 Å². The Labute approximate surface area is 145 Å². The molecule has 0 aliphatic heterocycles. The van der Waals surface area contributed by atoms with Crippen molar-refractivity contribution in [1.82, 2.24) is 10.1 Å². The third kappa shape index (κ3) is 3.20. The van der Waals surface area contributed by atoms with Crippen molar-refractivity contribution < 1.29 is 12.9 Å². The molecular weight excluding hydrogens is 338 g/mol. The predicted molar refractivity (Wildman–Crippen MR) is 92.4 cm³/mol. The van der Waals surface area contributed by atoms with E-state index in [-0.39, 0.29) is 16.7 Å². The van der Waals surface area contributed by atoms with E-state index in [1.165, 1.54) is 12.1 Å². The van der Waals surface area contributed by atoms with Crippen LogP contribution in [-0.4, -0.2) is 18.6 Å². The predicted octanol–water partition coefficient (Wildman–Crippen LogP) is 2.96. The molecule has 0 saturated heterocycles. The normalized spacial score (nSPS) is 19.8. The smallest absolute Gasteiger partial charge is 0.238 e. The molecule has 1 aromatic heterocycles. The number of rotatable bonds is 4. The molecule has 0 radical (unpaired) electrons. The minimum Gasteiger partial charge on any atom is -0.339 e. The summed E-state index contributed by atoms with van der Waals surface area (Å²) in [5.74, 6) is 1.65. The molecule has 2 N–H and O–H groups in total. The van der Waals surface area contributed by atoms with Crippen molar-refractivity contribution in [3.05, 3.63) is 65.5 Å². The van der Waals surface area contributed by atoms with Crippen LogP contribution in [0.2, 0.25) is 0 Å². The molecule has 2 atom stereocenters. The summed E-state index contributed by atoms with van der Waals surface area (Å²) in [5, 5.41) is 9.21. The third-order valence-electron chi connectivity index (χ3n) is 4.46. The molecule has 1 heterocycles. The lowest BCUT2D eigenvalue weighted by Crippen LogP contribution is -2.11. The second-order valence-corrected chi connectivity index (χ2v) is 7.95. The number of hydrogen-bond donors (Lipinski definition) is 1. The largest absolute Gasteiger partial charge is 0.339 e. The van der Waals surface area contributed by atoms with Gasteiger partial charge in [0.05, 0.1) is 4.90 Å². The van der Waals surface area contributed by atoms with Crippen LogP contribution in [0.5, 0.6) is 0 Å². The highest BCUT2D eigenvalue weighted by atomic mass is 32.2. The molecule has 128 valence electrons. The van der Waals surface area contributed by atoms with E-state index in [0.29, 0.717) is 11.7 Å². The van der Waals surface area contributed by atoms with Crippen LogP contribution in [0.4, 0.5) is 0 Å². The molecule has 4 rings (SSSR count). The molecule has 2 aromatic carbocycles. The van der Waals surface area contributed by atoms with E-state index in [0.717, 1.165) is 23.1 Å². The van der Waals surface area contributed by atoms with Crippen molar-refractivity contribution in [3.8, 4) is 11.4 Å². The molecule has 7 heteroatoms. The quantitative estimate of drug-likeness (QED) is 0.775. The molecule has 1 fully saturated rings. The highest BCUT2D eigenvalue weighted by molar-refractivity contribution is 7.89. The molecule has 6 nitrogen and oxygen atoms in total. The maximum atomic E-state index is 11.3. The first kappa shape index (κ1) is 16.0. The summed E-state index contributed by atoms with van der Waals surface area (Å²) in [6, 6.07) is 14.6. The van der Waals surface area contributed by atoms with Gasteiger partial charge < -0.3 is 4.52 Å². The van der Waals surface area contributed by atoms with E-state index >= 15 is 0 Å². The lowest BCUT2D eigenvalue weighted by molar-refractivity contribution is 0.378. The minimum atomic E-state index is -3.66. The average Bonchev–Trinajstić information content (AvgIpc) is 3.22. The van der Waals surface area contributed by atoms with Gasteiger partial charge in [-0.3, -0.25) is 0 Å². The van der Waals surface area contributed by atoms with Crippen LogP contribution in [0.25, 0.3) is 11.4 Å². The van der Waals surface area contributed by atoms with Crippen LogP contribution < -0.4 is 5.14 Å². The van der Waals surface area contributed by atoms with Gasteiger partial charge in [-0.2, -0.15) is 4.98 Å². The van der Waals surface area contributed by atoms with Crippen LogP contribution in [0, 0.1) is 6.92 Å². The summed E-state index contributed by atoms with van der Waals surface area (Å²) in [4.78, 5) is 4.64. The fourth-order valence-corrected chi connectivity index (χ4v) is 3.54. The van der Waals surface area contributed by atoms with Gasteiger partial charge in [0.2, 0.25) is 21.7 Å². The molecule has 25 heavy (non-hydrogen) atoms. The molecule has 3 aromatic rings. The van der Waals surface area contributed by atoms with Gasteiger partial charge in [0.25, 0.3) is 0 Å². The van der Waals surface area contributed by atoms with Gasteiger partial charge in [0.15, 0.2) is 0 Å².